The lowest BCUT2D eigenvalue weighted by Crippen LogP contribution is -2.05. The number of aryl methyl sites for hydroxylation is 1. The molecule has 0 spiro atoms. The first-order chi connectivity index (χ1) is 8.83. The van der Waals surface area contributed by atoms with Crippen LogP contribution in [0.3, 0.4) is 0 Å². The van der Waals surface area contributed by atoms with Crippen molar-refractivity contribution in [2.45, 2.75) is 30.8 Å². The third-order valence-electron chi connectivity index (χ3n) is 2.61. The molecule has 0 aliphatic heterocycles. The second kappa shape index (κ2) is 6.51. The summed E-state index contributed by atoms with van der Waals surface area (Å²) in [6.07, 6.45) is 1.06. The van der Waals surface area contributed by atoms with Gasteiger partial charge in [-0.05, 0) is 28.0 Å². The van der Waals surface area contributed by atoms with Crippen molar-refractivity contribution in [3.63, 3.8) is 0 Å². The van der Waals surface area contributed by atoms with Crippen LogP contribution >= 0.6 is 11.8 Å². The van der Waals surface area contributed by atoms with Gasteiger partial charge in [0, 0.05) is 5.75 Å². The van der Waals surface area contributed by atoms with Crippen LogP contribution in [0.25, 0.3) is 0 Å². The van der Waals surface area contributed by atoms with Gasteiger partial charge in [0.2, 0.25) is 5.16 Å². The first-order valence-electron chi connectivity index (χ1n) is 5.91. The molecule has 0 atom stereocenters. The highest BCUT2D eigenvalue weighted by atomic mass is 32.2. The van der Waals surface area contributed by atoms with E-state index in [0.29, 0.717) is 6.54 Å². The Balaban J connectivity index is 1.95. The molecule has 2 rings (SSSR count). The van der Waals surface area contributed by atoms with E-state index >= 15 is 0 Å². The lowest BCUT2D eigenvalue weighted by atomic mass is 10.1. The summed E-state index contributed by atoms with van der Waals surface area (Å²) in [5.74, 6) is 0.829. The summed E-state index contributed by atoms with van der Waals surface area (Å²) in [7, 11) is 0. The van der Waals surface area contributed by atoms with Gasteiger partial charge in [-0.3, -0.25) is 0 Å². The minimum absolute atomic E-state index is 0.0454. The molecule has 0 fully saturated rings. The molecule has 1 heterocycles. The summed E-state index contributed by atoms with van der Waals surface area (Å²) in [6.45, 7) is 2.63. The second-order valence-corrected chi connectivity index (χ2v) is 4.81. The number of hydrogen-bond acceptors (Lipinski definition) is 5. The topological polar surface area (TPSA) is 63.8 Å². The molecule has 0 amide bonds. The van der Waals surface area contributed by atoms with Crippen LogP contribution in [0.4, 0.5) is 0 Å². The fourth-order valence-electron chi connectivity index (χ4n) is 1.55. The quantitative estimate of drug-likeness (QED) is 0.801. The Morgan fingerprint density at radius 1 is 1.22 bits per heavy atom. The standard InChI is InChI=1S/C12H16N4OS/c1-2-10-3-5-11(6-4-10)9-18-12-13-14-15-16(12)7-8-17/h3-6,17H,2,7-9H2,1H3. The Morgan fingerprint density at radius 2 is 1.94 bits per heavy atom. The van der Waals surface area contributed by atoms with Gasteiger partial charge in [-0.2, -0.15) is 0 Å². The molecule has 1 aromatic heterocycles. The number of rotatable bonds is 6. The van der Waals surface area contributed by atoms with E-state index in [1.807, 2.05) is 0 Å². The lowest BCUT2D eigenvalue weighted by Gasteiger charge is -2.03. The molecule has 0 aliphatic rings. The molecule has 18 heavy (non-hydrogen) atoms. The zero-order chi connectivity index (χ0) is 12.8. The maximum absolute atomic E-state index is 8.88. The molecule has 0 saturated heterocycles. The number of nitrogens with zero attached hydrogens (tertiary/aromatic N) is 4. The highest BCUT2D eigenvalue weighted by molar-refractivity contribution is 7.98. The largest absolute Gasteiger partial charge is 0.394 e. The Bertz CT molecular complexity index is 483. The van der Waals surface area contributed by atoms with Crippen LogP contribution in [0.2, 0.25) is 0 Å². The Hall–Kier alpha value is -1.40. The maximum Gasteiger partial charge on any atom is 0.209 e. The van der Waals surface area contributed by atoms with Gasteiger partial charge in [0.15, 0.2) is 0 Å². The number of benzene rings is 1. The number of hydrogen-bond donors (Lipinski definition) is 1. The first-order valence-corrected chi connectivity index (χ1v) is 6.89. The van der Waals surface area contributed by atoms with Gasteiger partial charge in [-0.1, -0.05) is 43.0 Å². The second-order valence-electron chi connectivity index (χ2n) is 3.87. The van der Waals surface area contributed by atoms with Gasteiger partial charge in [0.1, 0.15) is 0 Å². The number of aromatic nitrogens is 4. The van der Waals surface area contributed by atoms with Gasteiger partial charge in [-0.25, -0.2) is 4.68 Å². The van der Waals surface area contributed by atoms with E-state index in [9.17, 15) is 0 Å². The monoisotopic (exact) mass is 264 g/mol. The molecule has 1 aromatic carbocycles. The number of aliphatic hydroxyl groups excluding tert-OH is 1. The van der Waals surface area contributed by atoms with Crippen molar-refractivity contribution in [2.24, 2.45) is 0 Å². The number of aliphatic hydroxyl groups is 1. The van der Waals surface area contributed by atoms with E-state index in [1.165, 1.54) is 11.1 Å². The van der Waals surface area contributed by atoms with Crippen LogP contribution in [-0.2, 0) is 18.7 Å². The average molecular weight is 264 g/mol. The zero-order valence-corrected chi connectivity index (χ0v) is 11.1. The van der Waals surface area contributed by atoms with Crippen LogP contribution in [0, 0.1) is 0 Å². The normalized spacial score (nSPS) is 10.8. The first kappa shape index (κ1) is 13.0. The summed E-state index contributed by atoms with van der Waals surface area (Å²) >= 11 is 1.58. The average Bonchev–Trinajstić information content (AvgIpc) is 2.85. The Morgan fingerprint density at radius 3 is 2.61 bits per heavy atom. The minimum Gasteiger partial charge on any atom is -0.394 e. The highest BCUT2D eigenvalue weighted by Gasteiger charge is 2.06. The lowest BCUT2D eigenvalue weighted by molar-refractivity contribution is 0.262. The van der Waals surface area contributed by atoms with E-state index in [4.69, 9.17) is 5.11 Å². The third-order valence-corrected chi connectivity index (χ3v) is 3.64. The minimum atomic E-state index is 0.0454. The van der Waals surface area contributed by atoms with Crippen LogP contribution in [0.15, 0.2) is 29.4 Å². The van der Waals surface area contributed by atoms with Crippen molar-refractivity contribution < 1.29 is 5.11 Å². The molecular weight excluding hydrogens is 248 g/mol. The van der Waals surface area contributed by atoms with Crippen molar-refractivity contribution in [1.82, 2.24) is 20.2 Å². The predicted octanol–water partition coefficient (Wildman–Crippen LogP) is 1.52. The zero-order valence-electron chi connectivity index (χ0n) is 10.3. The molecule has 0 unspecified atom stereocenters. The van der Waals surface area contributed by atoms with Crippen molar-refractivity contribution in [3.8, 4) is 0 Å². The Labute approximate surface area is 110 Å². The van der Waals surface area contributed by atoms with Crippen LogP contribution in [0.1, 0.15) is 18.1 Å². The van der Waals surface area contributed by atoms with E-state index in [0.717, 1.165) is 17.3 Å². The fourth-order valence-corrected chi connectivity index (χ4v) is 2.41. The van der Waals surface area contributed by atoms with Crippen LogP contribution in [-0.4, -0.2) is 31.9 Å². The van der Waals surface area contributed by atoms with Crippen molar-refractivity contribution in [1.29, 1.82) is 0 Å². The molecule has 0 bridgehead atoms. The SMILES string of the molecule is CCc1ccc(CSc2nnnn2CCO)cc1. The summed E-state index contributed by atoms with van der Waals surface area (Å²) in [6, 6.07) is 8.55. The fraction of sp³-hybridized carbons (Fsp3) is 0.417. The van der Waals surface area contributed by atoms with Gasteiger partial charge in [0.25, 0.3) is 0 Å². The maximum atomic E-state index is 8.88. The summed E-state index contributed by atoms with van der Waals surface area (Å²) in [5.41, 5.74) is 2.59. The predicted molar refractivity (Wildman–Crippen MR) is 70.3 cm³/mol. The molecule has 5 nitrogen and oxygen atoms in total. The third kappa shape index (κ3) is 3.30. The van der Waals surface area contributed by atoms with E-state index < -0.39 is 0 Å². The summed E-state index contributed by atoms with van der Waals surface area (Å²) in [4.78, 5) is 0. The molecule has 1 N–H and O–H groups in total. The molecular formula is C12H16N4OS. The molecule has 0 radical (unpaired) electrons. The number of tetrazole rings is 1. The Kier molecular flexibility index (Phi) is 4.72. The van der Waals surface area contributed by atoms with Gasteiger partial charge < -0.3 is 5.11 Å². The van der Waals surface area contributed by atoms with Crippen LogP contribution in [0.5, 0.6) is 0 Å². The summed E-state index contributed by atoms with van der Waals surface area (Å²) in [5, 5.41) is 21.0. The van der Waals surface area contributed by atoms with E-state index in [-0.39, 0.29) is 6.61 Å². The summed E-state index contributed by atoms with van der Waals surface area (Å²) < 4.78 is 1.62. The smallest absolute Gasteiger partial charge is 0.209 e. The number of thioether (sulfide) groups is 1. The van der Waals surface area contributed by atoms with E-state index in [2.05, 4.69) is 46.7 Å². The van der Waals surface area contributed by atoms with Crippen molar-refractivity contribution >= 4 is 11.8 Å². The molecule has 2 aromatic rings. The molecule has 6 heteroatoms. The van der Waals surface area contributed by atoms with Gasteiger partial charge in [-0.15, -0.1) is 5.10 Å². The molecule has 0 saturated carbocycles. The van der Waals surface area contributed by atoms with Crippen molar-refractivity contribution in [2.75, 3.05) is 6.61 Å². The van der Waals surface area contributed by atoms with Gasteiger partial charge in [0.05, 0.1) is 13.2 Å². The van der Waals surface area contributed by atoms with Crippen LogP contribution < -0.4 is 0 Å². The highest BCUT2D eigenvalue weighted by Crippen LogP contribution is 2.20. The molecule has 96 valence electrons. The van der Waals surface area contributed by atoms with Gasteiger partial charge >= 0.3 is 0 Å². The molecule has 0 aliphatic carbocycles. The van der Waals surface area contributed by atoms with E-state index in [1.54, 1.807) is 16.4 Å². The van der Waals surface area contributed by atoms with Crippen molar-refractivity contribution in [3.05, 3.63) is 35.4 Å².